The van der Waals surface area contributed by atoms with Crippen molar-refractivity contribution in [3.63, 3.8) is 0 Å². The van der Waals surface area contributed by atoms with Crippen molar-refractivity contribution in [1.82, 2.24) is 4.31 Å². The lowest BCUT2D eigenvalue weighted by atomic mass is 10.4. The van der Waals surface area contributed by atoms with E-state index in [9.17, 15) is 13.2 Å². The number of halogens is 1. The van der Waals surface area contributed by atoms with Gasteiger partial charge in [-0.1, -0.05) is 0 Å². The van der Waals surface area contributed by atoms with Crippen molar-refractivity contribution in [2.45, 2.75) is 31.7 Å². The molecular formula is C10H15BrN2O3S2. The van der Waals surface area contributed by atoms with E-state index in [1.807, 2.05) is 0 Å². The van der Waals surface area contributed by atoms with Crippen LogP contribution < -0.4 is 5.73 Å². The van der Waals surface area contributed by atoms with Crippen LogP contribution in [0.1, 0.15) is 18.7 Å². The summed E-state index contributed by atoms with van der Waals surface area (Å²) in [4.78, 5) is 11.9. The van der Waals surface area contributed by atoms with Crippen molar-refractivity contribution < 1.29 is 13.2 Å². The Morgan fingerprint density at radius 2 is 2.11 bits per heavy atom. The van der Waals surface area contributed by atoms with E-state index in [-0.39, 0.29) is 17.5 Å². The topological polar surface area (TPSA) is 80.5 Å². The summed E-state index contributed by atoms with van der Waals surface area (Å²) >= 11 is 4.60. The minimum absolute atomic E-state index is 0.217. The molecule has 0 aliphatic carbocycles. The summed E-state index contributed by atoms with van der Waals surface area (Å²) in [5, 5.41) is 0. The maximum Gasteiger partial charge on any atom is 0.244 e. The Morgan fingerprint density at radius 3 is 2.44 bits per heavy atom. The first kappa shape index (κ1) is 15.6. The average Bonchev–Trinajstić information content (AvgIpc) is 2.54. The van der Waals surface area contributed by atoms with E-state index in [1.165, 1.54) is 11.3 Å². The molecule has 0 atom stereocenters. The lowest BCUT2D eigenvalue weighted by molar-refractivity contribution is -0.118. The number of aryl methyl sites for hydroxylation is 1. The second-order valence-electron chi connectivity index (χ2n) is 4.08. The van der Waals surface area contributed by atoms with Crippen LogP contribution in [0.2, 0.25) is 0 Å². The minimum Gasteiger partial charge on any atom is -0.369 e. The summed E-state index contributed by atoms with van der Waals surface area (Å²) < 4.78 is 26.7. The minimum atomic E-state index is -3.69. The Labute approximate surface area is 119 Å². The highest BCUT2D eigenvalue weighted by molar-refractivity contribution is 9.11. The first-order valence-electron chi connectivity index (χ1n) is 5.22. The fraction of sp³-hybridized carbons (Fsp3) is 0.500. The van der Waals surface area contributed by atoms with Crippen LogP contribution in [-0.2, 0) is 14.8 Å². The number of nitrogens with zero attached hydrogens (tertiary/aromatic N) is 1. The second-order valence-corrected chi connectivity index (χ2v) is 8.58. The number of hydrogen-bond donors (Lipinski definition) is 1. The third kappa shape index (κ3) is 3.31. The normalized spacial score (nSPS) is 12.3. The molecule has 0 bridgehead atoms. The summed E-state index contributed by atoms with van der Waals surface area (Å²) in [5.74, 6) is -0.667. The number of nitrogens with two attached hydrogens (primary N) is 1. The SMILES string of the molecule is Cc1sc(Br)cc1S(=O)(=O)N(CC(N)=O)C(C)C. The molecule has 1 amide bonds. The number of rotatable bonds is 5. The summed E-state index contributed by atoms with van der Waals surface area (Å²) in [6.07, 6.45) is 0. The van der Waals surface area contributed by atoms with Gasteiger partial charge in [0.2, 0.25) is 15.9 Å². The van der Waals surface area contributed by atoms with Crippen molar-refractivity contribution >= 4 is 43.2 Å². The van der Waals surface area contributed by atoms with E-state index >= 15 is 0 Å². The number of sulfonamides is 1. The summed E-state index contributed by atoms with van der Waals surface area (Å²) in [7, 11) is -3.69. The van der Waals surface area contributed by atoms with E-state index in [4.69, 9.17) is 5.73 Å². The molecule has 1 heterocycles. The van der Waals surface area contributed by atoms with Crippen molar-refractivity contribution in [3.05, 3.63) is 14.7 Å². The highest BCUT2D eigenvalue weighted by Crippen LogP contribution is 2.32. The van der Waals surface area contributed by atoms with Gasteiger partial charge in [0.05, 0.1) is 15.2 Å². The van der Waals surface area contributed by atoms with Crippen LogP contribution in [-0.4, -0.2) is 31.2 Å². The molecule has 0 fully saturated rings. The third-order valence-corrected chi connectivity index (χ3v) is 6.15. The smallest absolute Gasteiger partial charge is 0.244 e. The van der Waals surface area contributed by atoms with Crippen LogP contribution in [0, 0.1) is 6.92 Å². The highest BCUT2D eigenvalue weighted by atomic mass is 79.9. The molecule has 1 rings (SSSR count). The third-order valence-electron chi connectivity index (χ3n) is 2.32. The van der Waals surface area contributed by atoms with Crippen LogP contribution in [0.15, 0.2) is 14.7 Å². The standard InChI is InChI=1S/C10H15BrN2O3S2/c1-6(2)13(5-10(12)14)18(15,16)8-4-9(11)17-7(8)3/h4,6H,5H2,1-3H3,(H2,12,14). The number of primary amides is 1. The molecule has 0 unspecified atom stereocenters. The molecule has 0 saturated carbocycles. The largest absolute Gasteiger partial charge is 0.369 e. The van der Waals surface area contributed by atoms with Gasteiger partial charge in [-0.25, -0.2) is 8.42 Å². The van der Waals surface area contributed by atoms with Gasteiger partial charge in [-0.2, -0.15) is 4.31 Å². The average molecular weight is 355 g/mol. The fourth-order valence-electron chi connectivity index (χ4n) is 1.51. The number of carbonyl (C=O) groups is 1. The molecule has 0 aliphatic rings. The van der Waals surface area contributed by atoms with Crippen LogP contribution in [0.3, 0.4) is 0 Å². The molecule has 1 aromatic heterocycles. The Morgan fingerprint density at radius 1 is 1.56 bits per heavy atom. The zero-order valence-corrected chi connectivity index (χ0v) is 13.5. The van der Waals surface area contributed by atoms with Crippen LogP contribution in [0.5, 0.6) is 0 Å². The first-order valence-corrected chi connectivity index (χ1v) is 8.27. The first-order chi connectivity index (χ1) is 8.16. The van der Waals surface area contributed by atoms with Crippen LogP contribution >= 0.6 is 27.3 Å². The van der Waals surface area contributed by atoms with Crippen molar-refractivity contribution in [1.29, 1.82) is 0 Å². The van der Waals surface area contributed by atoms with Gasteiger partial charge < -0.3 is 5.73 Å². The van der Waals surface area contributed by atoms with Gasteiger partial charge in [-0.3, -0.25) is 4.79 Å². The Bertz CT molecular complexity index is 551. The molecule has 1 aromatic rings. The van der Waals surface area contributed by atoms with Crippen molar-refractivity contribution in [2.75, 3.05) is 6.54 Å². The van der Waals surface area contributed by atoms with Gasteiger partial charge in [0.15, 0.2) is 0 Å². The molecule has 0 saturated heterocycles. The van der Waals surface area contributed by atoms with E-state index in [0.29, 0.717) is 4.88 Å². The molecule has 0 radical (unpaired) electrons. The lowest BCUT2D eigenvalue weighted by Gasteiger charge is -2.24. The maximum atomic E-state index is 12.4. The number of hydrogen-bond acceptors (Lipinski definition) is 4. The number of amides is 1. The van der Waals surface area contributed by atoms with E-state index in [0.717, 1.165) is 8.09 Å². The zero-order valence-electron chi connectivity index (χ0n) is 10.3. The highest BCUT2D eigenvalue weighted by Gasteiger charge is 2.30. The summed E-state index contributed by atoms with van der Waals surface area (Å²) in [6, 6.07) is 1.21. The molecule has 2 N–H and O–H groups in total. The molecule has 0 spiro atoms. The van der Waals surface area contributed by atoms with Crippen molar-refractivity contribution in [3.8, 4) is 0 Å². The maximum absolute atomic E-state index is 12.4. The summed E-state index contributed by atoms with van der Waals surface area (Å²) in [6.45, 7) is 4.83. The Kier molecular flexibility index (Phi) is 4.93. The van der Waals surface area contributed by atoms with Gasteiger partial charge in [-0.15, -0.1) is 11.3 Å². The van der Waals surface area contributed by atoms with Gasteiger partial charge >= 0.3 is 0 Å². The van der Waals surface area contributed by atoms with Gasteiger partial charge in [-0.05, 0) is 42.8 Å². The quantitative estimate of drug-likeness (QED) is 0.873. The molecule has 0 aliphatic heterocycles. The molecular weight excluding hydrogens is 340 g/mol. The monoisotopic (exact) mass is 354 g/mol. The molecule has 18 heavy (non-hydrogen) atoms. The molecule has 5 nitrogen and oxygen atoms in total. The second kappa shape index (κ2) is 5.68. The number of thiophene rings is 1. The van der Waals surface area contributed by atoms with Gasteiger partial charge in [0.1, 0.15) is 0 Å². The van der Waals surface area contributed by atoms with E-state index < -0.39 is 15.9 Å². The lowest BCUT2D eigenvalue weighted by Crippen LogP contribution is -2.42. The van der Waals surface area contributed by atoms with Gasteiger partial charge in [0.25, 0.3) is 0 Å². The Balaban J connectivity index is 3.25. The summed E-state index contributed by atoms with van der Waals surface area (Å²) in [5.41, 5.74) is 5.10. The fourth-order valence-corrected chi connectivity index (χ4v) is 5.50. The zero-order chi connectivity index (χ0) is 14.1. The molecule has 102 valence electrons. The van der Waals surface area contributed by atoms with Crippen molar-refractivity contribution in [2.24, 2.45) is 5.73 Å². The predicted octanol–water partition coefficient (Wildman–Crippen LogP) is 1.70. The van der Waals surface area contributed by atoms with Gasteiger partial charge in [0, 0.05) is 10.9 Å². The van der Waals surface area contributed by atoms with Crippen LogP contribution in [0.25, 0.3) is 0 Å². The molecule has 8 heteroatoms. The molecule has 0 aromatic carbocycles. The predicted molar refractivity (Wildman–Crippen MR) is 75.0 cm³/mol. The Hall–Kier alpha value is -0.440. The van der Waals surface area contributed by atoms with E-state index in [2.05, 4.69) is 15.9 Å². The van der Waals surface area contributed by atoms with Crippen LogP contribution in [0.4, 0.5) is 0 Å². The van der Waals surface area contributed by atoms with E-state index in [1.54, 1.807) is 26.8 Å². The number of carbonyl (C=O) groups excluding carboxylic acids is 1.